The first-order valence-electron chi connectivity index (χ1n) is 7.80. The van der Waals surface area contributed by atoms with Gasteiger partial charge in [-0.2, -0.15) is 10.2 Å². The number of nitrogens with one attached hydrogen (secondary N) is 3. The third kappa shape index (κ3) is 3.97. The molecule has 0 bridgehead atoms. The van der Waals surface area contributed by atoms with E-state index in [1.54, 1.807) is 6.07 Å². The first-order valence-corrected chi connectivity index (χ1v) is 7.80. The standard InChI is InChI=1S/C13H13N3O2.C4H4N2O/c1-7(17)14-10-2-3-11-8(5-10)4-9-6-12(18)15-16-13(9)11;7-4-2-1-3-5-6-4/h2-3,5,9H,4,6H2,1H3,(H,14,17)(H,15,18);1-3H,(H,6,7). The molecule has 2 heterocycles. The van der Waals surface area contributed by atoms with Gasteiger partial charge in [0.2, 0.25) is 11.8 Å². The molecule has 0 radical (unpaired) electrons. The molecule has 1 aliphatic carbocycles. The second kappa shape index (κ2) is 7.08. The van der Waals surface area contributed by atoms with Crippen molar-refractivity contribution in [3.63, 3.8) is 0 Å². The molecule has 2 aromatic rings. The van der Waals surface area contributed by atoms with Crippen molar-refractivity contribution in [2.24, 2.45) is 11.0 Å². The quantitative estimate of drug-likeness (QED) is 0.713. The number of anilines is 1. The zero-order valence-corrected chi connectivity index (χ0v) is 13.6. The minimum absolute atomic E-state index is 0.0290. The fraction of sp³-hybridized carbons (Fsp3) is 0.235. The van der Waals surface area contributed by atoms with Crippen molar-refractivity contribution in [2.45, 2.75) is 19.8 Å². The zero-order chi connectivity index (χ0) is 17.8. The van der Waals surface area contributed by atoms with E-state index in [0.717, 1.165) is 28.9 Å². The van der Waals surface area contributed by atoms with Gasteiger partial charge in [0, 0.05) is 42.8 Å². The van der Waals surface area contributed by atoms with Crippen molar-refractivity contribution >= 4 is 23.2 Å². The first kappa shape index (κ1) is 16.6. The summed E-state index contributed by atoms with van der Waals surface area (Å²) in [6, 6.07) is 8.77. The van der Waals surface area contributed by atoms with E-state index >= 15 is 0 Å². The highest BCUT2D eigenvalue weighted by atomic mass is 16.2. The van der Waals surface area contributed by atoms with Crippen molar-refractivity contribution < 1.29 is 9.59 Å². The van der Waals surface area contributed by atoms with Crippen molar-refractivity contribution in [3.8, 4) is 0 Å². The summed E-state index contributed by atoms with van der Waals surface area (Å²) in [6.45, 7) is 1.49. The number of amides is 2. The normalized spacial score (nSPS) is 17.2. The van der Waals surface area contributed by atoms with Crippen LogP contribution in [0.2, 0.25) is 0 Å². The summed E-state index contributed by atoms with van der Waals surface area (Å²) in [6.07, 6.45) is 2.82. The van der Waals surface area contributed by atoms with Crippen molar-refractivity contribution in [1.82, 2.24) is 15.6 Å². The molecule has 128 valence electrons. The molecule has 25 heavy (non-hydrogen) atoms. The van der Waals surface area contributed by atoms with Gasteiger partial charge in [-0.05, 0) is 30.2 Å². The predicted molar refractivity (Wildman–Crippen MR) is 92.1 cm³/mol. The van der Waals surface area contributed by atoms with E-state index in [1.807, 2.05) is 18.2 Å². The molecule has 4 rings (SSSR count). The third-order valence-electron chi connectivity index (χ3n) is 3.87. The molecule has 1 aromatic heterocycles. The van der Waals surface area contributed by atoms with E-state index in [-0.39, 0.29) is 23.3 Å². The van der Waals surface area contributed by atoms with Crippen molar-refractivity contribution in [3.05, 3.63) is 58.0 Å². The molecule has 1 aliphatic heterocycles. The number of benzene rings is 1. The Hall–Kier alpha value is -3.29. The number of hydrazone groups is 1. The number of aromatic amines is 1. The molecule has 0 fully saturated rings. The molecular formula is C17H17N5O3. The second-order valence-corrected chi connectivity index (χ2v) is 5.80. The van der Waals surface area contributed by atoms with Crippen LogP contribution < -0.4 is 16.3 Å². The Kier molecular flexibility index (Phi) is 4.69. The summed E-state index contributed by atoms with van der Waals surface area (Å²) >= 11 is 0. The maximum Gasteiger partial charge on any atom is 0.264 e. The maximum atomic E-state index is 11.3. The summed E-state index contributed by atoms with van der Waals surface area (Å²) in [7, 11) is 0. The first-order chi connectivity index (χ1) is 12.0. The van der Waals surface area contributed by atoms with Crippen LogP contribution in [0.4, 0.5) is 5.69 Å². The Morgan fingerprint density at radius 3 is 2.72 bits per heavy atom. The van der Waals surface area contributed by atoms with Crippen LogP contribution in [0.15, 0.2) is 46.4 Å². The Bertz CT molecular complexity index is 886. The number of H-pyrrole nitrogens is 1. The van der Waals surface area contributed by atoms with Crippen LogP contribution >= 0.6 is 0 Å². The van der Waals surface area contributed by atoms with Crippen LogP contribution in [0, 0.1) is 5.92 Å². The SMILES string of the molecule is CC(=O)Nc1ccc2c(c1)CC1CC(=O)NN=C21.O=c1cccn[nH]1. The molecule has 0 spiro atoms. The smallest absolute Gasteiger partial charge is 0.264 e. The number of hydrogen-bond acceptors (Lipinski definition) is 5. The molecule has 2 amide bonds. The summed E-state index contributed by atoms with van der Waals surface area (Å²) in [4.78, 5) is 32.5. The highest BCUT2D eigenvalue weighted by Gasteiger charge is 2.33. The van der Waals surface area contributed by atoms with Crippen LogP contribution in [0.25, 0.3) is 0 Å². The predicted octanol–water partition coefficient (Wildman–Crippen LogP) is 0.811. The Labute approximate surface area is 143 Å². The monoisotopic (exact) mass is 339 g/mol. The lowest BCUT2D eigenvalue weighted by molar-refractivity contribution is -0.122. The summed E-state index contributed by atoms with van der Waals surface area (Å²) < 4.78 is 0. The van der Waals surface area contributed by atoms with Gasteiger partial charge in [-0.1, -0.05) is 6.07 Å². The van der Waals surface area contributed by atoms with Crippen LogP contribution in [-0.2, 0) is 16.0 Å². The lowest BCUT2D eigenvalue weighted by atomic mass is 9.99. The third-order valence-corrected chi connectivity index (χ3v) is 3.87. The number of hydrogen-bond donors (Lipinski definition) is 3. The molecule has 8 heteroatoms. The van der Waals surface area contributed by atoms with Gasteiger partial charge in [0.15, 0.2) is 0 Å². The number of aromatic nitrogens is 2. The van der Waals surface area contributed by atoms with Gasteiger partial charge in [0.1, 0.15) is 0 Å². The van der Waals surface area contributed by atoms with Crippen molar-refractivity contribution in [2.75, 3.05) is 5.32 Å². The number of fused-ring (bicyclic) bond motifs is 3. The molecule has 0 saturated carbocycles. The van der Waals surface area contributed by atoms with Gasteiger partial charge >= 0.3 is 0 Å². The highest BCUT2D eigenvalue weighted by Crippen LogP contribution is 2.32. The van der Waals surface area contributed by atoms with E-state index in [0.29, 0.717) is 6.42 Å². The van der Waals surface area contributed by atoms with Crippen molar-refractivity contribution in [1.29, 1.82) is 0 Å². The van der Waals surface area contributed by atoms with E-state index < -0.39 is 0 Å². The van der Waals surface area contributed by atoms with Gasteiger partial charge in [-0.15, -0.1) is 0 Å². The lowest BCUT2D eigenvalue weighted by Crippen LogP contribution is -2.31. The average molecular weight is 339 g/mol. The Morgan fingerprint density at radius 1 is 1.24 bits per heavy atom. The maximum absolute atomic E-state index is 11.3. The number of nitrogens with zero attached hydrogens (tertiary/aromatic N) is 2. The number of carbonyl (C=O) groups excluding carboxylic acids is 2. The molecule has 2 aliphatic rings. The summed E-state index contributed by atoms with van der Waals surface area (Å²) in [5, 5.41) is 12.6. The highest BCUT2D eigenvalue weighted by molar-refractivity contribution is 6.09. The lowest BCUT2D eigenvalue weighted by Gasteiger charge is -2.15. The molecule has 1 aromatic carbocycles. The largest absolute Gasteiger partial charge is 0.326 e. The molecule has 0 saturated heterocycles. The van der Waals surface area contributed by atoms with Gasteiger partial charge in [0.25, 0.3) is 5.56 Å². The fourth-order valence-corrected chi connectivity index (χ4v) is 2.90. The van der Waals surface area contributed by atoms with Gasteiger partial charge < -0.3 is 5.32 Å². The van der Waals surface area contributed by atoms with E-state index in [4.69, 9.17) is 0 Å². The van der Waals surface area contributed by atoms with Crippen LogP contribution in [-0.4, -0.2) is 27.7 Å². The topological polar surface area (TPSA) is 116 Å². The van der Waals surface area contributed by atoms with Crippen LogP contribution in [0.5, 0.6) is 0 Å². The fourth-order valence-electron chi connectivity index (χ4n) is 2.90. The number of carbonyl (C=O) groups is 2. The van der Waals surface area contributed by atoms with Gasteiger partial charge in [0.05, 0.1) is 5.71 Å². The summed E-state index contributed by atoms with van der Waals surface area (Å²) in [5.74, 6) is 0.0690. The molecular weight excluding hydrogens is 322 g/mol. The van der Waals surface area contributed by atoms with E-state index in [1.165, 1.54) is 19.2 Å². The summed E-state index contributed by atoms with van der Waals surface area (Å²) in [5.41, 5.74) is 6.32. The van der Waals surface area contributed by atoms with E-state index in [2.05, 4.69) is 26.0 Å². The number of rotatable bonds is 1. The van der Waals surface area contributed by atoms with Crippen LogP contribution in [0.1, 0.15) is 24.5 Å². The van der Waals surface area contributed by atoms with Gasteiger partial charge in [-0.3, -0.25) is 14.4 Å². The molecule has 1 atom stereocenters. The van der Waals surface area contributed by atoms with E-state index in [9.17, 15) is 14.4 Å². The zero-order valence-electron chi connectivity index (χ0n) is 13.6. The minimum atomic E-state index is -0.164. The minimum Gasteiger partial charge on any atom is -0.326 e. The second-order valence-electron chi connectivity index (χ2n) is 5.80. The average Bonchev–Trinajstić information content (AvgIpc) is 2.92. The molecule has 1 unspecified atom stereocenters. The molecule has 8 nitrogen and oxygen atoms in total. The van der Waals surface area contributed by atoms with Gasteiger partial charge in [-0.25, -0.2) is 10.5 Å². The van der Waals surface area contributed by atoms with Crippen LogP contribution in [0.3, 0.4) is 0 Å². The Balaban J connectivity index is 0.000000219. The Morgan fingerprint density at radius 2 is 2.08 bits per heavy atom. The molecule has 3 N–H and O–H groups in total.